The van der Waals surface area contributed by atoms with E-state index in [4.69, 9.17) is 16.3 Å². The Bertz CT molecular complexity index is 548. The number of methoxy groups -OCH3 is 1. The lowest BCUT2D eigenvalue weighted by Gasteiger charge is -2.03. The first-order valence-corrected chi connectivity index (χ1v) is 6.53. The average Bonchev–Trinajstić information content (AvgIpc) is 2.78. The number of aryl methyl sites for hydroxylation is 1. The van der Waals surface area contributed by atoms with E-state index >= 15 is 0 Å². The van der Waals surface area contributed by atoms with E-state index in [-0.39, 0.29) is 5.97 Å². The molecule has 0 N–H and O–H groups in total. The molecule has 0 aliphatic heterocycles. The van der Waals surface area contributed by atoms with Gasteiger partial charge >= 0.3 is 5.97 Å². The number of esters is 1. The summed E-state index contributed by atoms with van der Waals surface area (Å²) in [7, 11) is 1.40. The van der Waals surface area contributed by atoms with Gasteiger partial charge < -0.3 is 9.30 Å². The van der Waals surface area contributed by atoms with Crippen molar-refractivity contribution in [3.63, 3.8) is 0 Å². The Morgan fingerprint density at radius 3 is 2.83 bits per heavy atom. The Hall–Kier alpha value is -1.48. The monoisotopic (exact) mass is 265 g/mol. The minimum absolute atomic E-state index is 0.290. The fourth-order valence-electron chi connectivity index (χ4n) is 2.08. The zero-order chi connectivity index (χ0) is 13.0. The van der Waals surface area contributed by atoms with Crippen LogP contribution in [0.3, 0.4) is 0 Å². The van der Waals surface area contributed by atoms with Crippen molar-refractivity contribution in [3.8, 4) is 0 Å². The molecule has 2 aromatic rings. The molecule has 1 aromatic carbocycles. The lowest BCUT2D eigenvalue weighted by molar-refractivity contribution is 0.0602. The maximum absolute atomic E-state index is 11.7. The average molecular weight is 266 g/mol. The number of para-hydroxylation sites is 1. The second-order valence-corrected chi connectivity index (χ2v) is 4.52. The summed E-state index contributed by atoms with van der Waals surface area (Å²) >= 11 is 5.68. The topological polar surface area (TPSA) is 31.2 Å². The van der Waals surface area contributed by atoms with Crippen molar-refractivity contribution in [3.05, 3.63) is 36.0 Å². The van der Waals surface area contributed by atoms with Crippen molar-refractivity contribution >= 4 is 28.5 Å². The number of unbranched alkanes of at least 4 members (excludes halogenated alkanes) is 1. The fraction of sp³-hybridized carbons (Fsp3) is 0.357. The molecule has 1 aromatic heterocycles. The van der Waals surface area contributed by atoms with Crippen molar-refractivity contribution < 1.29 is 9.53 Å². The van der Waals surface area contributed by atoms with Gasteiger partial charge in [0.2, 0.25) is 0 Å². The second-order valence-electron chi connectivity index (χ2n) is 4.14. The van der Waals surface area contributed by atoms with E-state index in [1.54, 1.807) is 0 Å². The molecule has 0 unspecified atom stereocenters. The highest BCUT2D eigenvalue weighted by molar-refractivity contribution is 6.17. The van der Waals surface area contributed by atoms with Gasteiger partial charge in [-0.1, -0.05) is 18.2 Å². The van der Waals surface area contributed by atoms with Crippen LogP contribution in [0.1, 0.15) is 23.2 Å². The number of alkyl halides is 1. The molecule has 96 valence electrons. The Balaban J connectivity index is 2.38. The first-order valence-electron chi connectivity index (χ1n) is 6.00. The third-order valence-electron chi connectivity index (χ3n) is 2.98. The van der Waals surface area contributed by atoms with Crippen LogP contribution in [0.15, 0.2) is 30.5 Å². The lowest BCUT2D eigenvalue weighted by atomic mass is 10.2. The zero-order valence-electron chi connectivity index (χ0n) is 10.4. The predicted molar refractivity (Wildman–Crippen MR) is 73.2 cm³/mol. The van der Waals surface area contributed by atoms with Crippen molar-refractivity contribution in [1.29, 1.82) is 0 Å². The molecule has 0 atom stereocenters. The number of fused-ring (bicyclic) bond motifs is 1. The van der Waals surface area contributed by atoms with E-state index in [2.05, 4.69) is 4.57 Å². The molecule has 0 amide bonds. The number of carbonyl (C=O) groups is 1. The SMILES string of the molecule is COC(=O)c1cn(CCCCCl)c2ccccc12. The molecule has 3 nitrogen and oxygen atoms in total. The fourth-order valence-corrected chi connectivity index (χ4v) is 2.27. The summed E-state index contributed by atoms with van der Waals surface area (Å²) in [6, 6.07) is 7.86. The van der Waals surface area contributed by atoms with E-state index in [9.17, 15) is 4.79 Å². The van der Waals surface area contributed by atoms with Gasteiger partial charge in [0, 0.05) is 29.5 Å². The number of benzene rings is 1. The number of hydrogen-bond acceptors (Lipinski definition) is 2. The van der Waals surface area contributed by atoms with Crippen molar-refractivity contribution in [2.75, 3.05) is 13.0 Å². The second kappa shape index (κ2) is 5.91. The Kier molecular flexibility index (Phi) is 4.26. The third kappa shape index (κ3) is 2.51. The zero-order valence-corrected chi connectivity index (χ0v) is 11.1. The normalized spacial score (nSPS) is 10.8. The largest absolute Gasteiger partial charge is 0.465 e. The van der Waals surface area contributed by atoms with Gasteiger partial charge in [0.25, 0.3) is 0 Å². The van der Waals surface area contributed by atoms with E-state index in [0.29, 0.717) is 11.4 Å². The van der Waals surface area contributed by atoms with E-state index in [1.807, 2.05) is 30.5 Å². The Morgan fingerprint density at radius 2 is 2.11 bits per heavy atom. The van der Waals surface area contributed by atoms with Gasteiger partial charge in [0.05, 0.1) is 12.7 Å². The van der Waals surface area contributed by atoms with Crippen LogP contribution < -0.4 is 0 Å². The van der Waals surface area contributed by atoms with Gasteiger partial charge in [0.15, 0.2) is 0 Å². The number of aromatic nitrogens is 1. The number of nitrogens with zero attached hydrogens (tertiary/aromatic N) is 1. The van der Waals surface area contributed by atoms with E-state index in [1.165, 1.54) is 7.11 Å². The number of hydrogen-bond donors (Lipinski definition) is 0. The van der Waals surface area contributed by atoms with Crippen LogP contribution in [-0.4, -0.2) is 23.5 Å². The first-order chi connectivity index (χ1) is 8.77. The first kappa shape index (κ1) is 13.0. The molecule has 2 rings (SSSR count). The molecule has 4 heteroatoms. The third-order valence-corrected chi connectivity index (χ3v) is 3.24. The molecule has 0 fully saturated rings. The van der Waals surface area contributed by atoms with Gasteiger partial charge in [-0.05, 0) is 18.9 Å². The molecule has 1 heterocycles. The smallest absolute Gasteiger partial charge is 0.340 e. The van der Waals surface area contributed by atoms with E-state index < -0.39 is 0 Å². The van der Waals surface area contributed by atoms with E-state index in [0.717, 1.165) is 30.3 Å². The van der Waals surface area contributed by atoms with Crippen LogP contribution in [0.25, 0.3) is 10.9 Å². The highest BCUT2D eigenvalue weighted by Gasteiger charge is 2.14. The van der Waals surface area contributed by atoms with Crippen molar-refractivity contribution in [1.82, 2.24) is 4.57 Å². The van der Waals surface area contributed by atoms with Gasteiger partial charge in [-0.2, -0.15) is 0 Å². The van der Waals surface area contributed by atoms with Gasteiger partial charge in [0.1, 0.15) is 0 Å². The summed E-state index contributed by atoms with van der Waals surface area (Å²) in [5.41, 5.74) is 1.69. The maximum atomic E-state index is 11.7. The molecule has 0 aliphatic rings. The van der Waals surface area contributed by atoms with Gasteiger partial charge in [-0.3, -0.25) is 0 Å². The summed E-state index contributed by atoms with van der Waals surface area (Å²) in [6.07, 6.45) is 3.84. The van der Waals surface area contributed by atoms with Gasteiger partial charge in [-0.25, -0.2) is 4.79 Å². The molecule has 0 aliphatic carbocycles. The molecule has 0 saturated carbocycles. The highest BCUT2D eigenvalue weighted by Crippen LogP contribution is 2.22. The van der Waals surface area contributed by atoms with Crippen LogP contribution in [0.4, 0.5) is 0 Å². The van der Waals surface area contributed by atoms with Crippen LogP contribution in [0, 0.1) is 0 Å². The minimum Gasteiger partial charge on any atom is -0.465 e. The Morgan fingerprint density at radius 1 is 1.33 bits per heavy atom. The van der Waals surface area contributed by atoms with Crippen LogP contribution in [0.5, 0.6) is 0 Å². The van der Waals surface area contributed by atoms with Crippen molar-refractivity contribution in [2.24, 2.45) is 0 Å². The number of rotatable bonds is 5. The molecule has 0 radical (unpaired) electrons. The number of carbonyl (C=O) groups excluding carboxylic acids is 1. The molecular formula is C14H16ClNO2. The van der Waals surface area contributed by atoms with Crippen LogP contribution in [0.2, 0.25) is 0 Å². The summed E-state index contributed by atoms with van der Waals surface area (Å²) in [5.74, 6) is 0.380. The van der Waals surface area contributed by atoms with Crippen LogP contribution in [-0.2, 0) is 11.3 Å². The molecule has 18 heavy (non-hydrogen) atoms. The maximum Gasteiger partial charge on any atom is 0.340 e. The van der Waals surface area contributed by atoms with Crippen LogP contribution >= 0.6 is 11.6 Å². The highest BCUT2D eigenvalue weighted by atomic mass is 35.5. The lowest BCUT2D eigenvalue weighted by Crippen LogP contribution is -2.00. The number of ether oxygens (including phenoxy) is 1. The Labute approximate surface area is 111 Å². The molecule has 0 bridgehead atoms. The molecular weight excluding hydrogens is 250 g/mol. The standard InChI is InChI=1S/C14H16ClNO2/c1-18-14(17)12-10-16(9-5-4-8-15)13-7-3-2-6-11(12)13/h2-3,6-7,10H,4-5,8-9H2,1H3. The molecule has 0 saturated heterocycles. The van der Waals surface area contributed by atoms with Crippen molar-refractivity contribution in [2.45, 2.75) is 19.4 Å². The summed E-state index contributed by atoms with van der Waals surface area (Å²) in [6.45, 7) is 0.865. The molecule has 0 spiro atoms. The predicted octanol–water partition coefficient (Wildman–Crippen LogP) is 3.45. The van der Waals surface area contributed by atoms with Gasteiger partial charge in [-0.15, -0.1) is 11.6 Å². The summed E-state index contributed by atoms with van der Waals surface area (Å²) < 4.78 is 6.90. The minimum atomic E-state index is -0.290. The summed E-state index contributed by atoms with van der Waals surface area (Å²) in [5, 5.41) is 0.940. The quantitative estimate of drug-likeness (QED) is 0.471. The number of halogens is 1. The summed E-state index contributed by atoms with van der Waals surface area (Å²) in [4.78, 5) is 11.7.